The van der Waals surface area contributed by atoms with Crippen molar-refractivity contribution in [2.75, 3.05) is 5.32 Å². The molecular weight excluding hydrogens is 284 g/mol. The summed E-state index contributed by atoms with van der Waals surface area (Å²) in [5.41, 5.74) is 1.06. The zero-order valence-electron chi connectivity index (χ0n) is 10.2. The van der Waals surface area contributed by atoms with Gasteiger partial charge in [-0.1, -0.05) is 17.7 Å². The third-order valence-corrected chi connectivity index (χ3v) is 3.01. The van der Waals surface area contributed by atoms with Gasteiger partial charge < -0.3 is 15.5 Å². The molecule has 6 nitrogen and oxygen atoms in total. The normalized spacial score (nSPS) is 10.2. The molecule has 0 saturated heterocycles. The van der Waals surface area contributed by atoms with Gasteiger partial charge in [-0.15, -0.1) is 0 Å². The van der Waals surface area contributed by atoms with Gasteiger partial charge in [-0.05, 0) is 23.8 Å². The van der Waals surface area contributed by atoms with E-state index in [1.54, 1.807) is 6.07 Å². The number of halogens is 1. The molecule has 2 aromatic rings. The number of nitro benzene ring substituents is 1. The van der Waals surface area contributed by atoms with Crippen molar-refractivity contribution >= 4 is 23.0 Å². The SMILES string of the molecule is O=[N+]([O-])c1ccc(Cl)c(NCc2ccc(O)c(O)c2)c1. The molecule has 7 heteroatoms. The lowest BCUT2D eigenvalue weighted by Crippen LogP contribution is -2.00. The first-order valence-electron chi connectivity index (χ1n) is 5.66. The molecule has 0 aromatic heterocycles. The molecule has 0 aliphatic heterocycles. The van der Waals surface area contributed by atoms with E-state index in [0.29, 0.717) is 22.8 Å². The largest absolute Gasteiger partial charge is 0.504 e. The van der Waals surface area contributed by atoms with Crippen LogP contribution in [-0.2, 0) is 6.54 Å². The van der Waals surface area contributed by atoms with Gasteiger partial charge in [0, 0.05) is 18.7 Å². The Morgan fingerprint density at radius 3 is 2.55 bits per heavy atom. The van der Waals surface area contributed by atoms with E-state index in [1.807, 2.05) is 0 Å². The van der Waals surface area contributed by atoms with E-state index >= 15 is 0 Å². The number of nitrogens with one attached hydrogen (secondary N) is 1. The number of non-ortho nitro benzene ring substituents is 1. The summed E-state index contributed by atoms with van der Waals surface area (Å²) in [5, 5.41) is 32.6. The molecule has 0 radical (unpaired) electrons. The van der Waals surface area contributed by atoms with Crippen molar-refractivity contribution in [3.05, 3.63) is 57.1 Å². The van der Waals surface area contributed by atoms with Crippen LogP contribution in [0, 0.1) is 10.1 Å². The zero-order valence-corrected chi connectivity index (χ0v) is 11.0. The third-order valence-electron chi connectivity index (χ3n) is 2.68. The summed E-state index contributed by atoms with van der Waals surface area (Å²) in [7, 11) is 0. The highest BCUT2D eigenvalue weighted by Gasteiger charge is 2.09. The number of aromatic hydroxyl groups is 2. The fourth-order valence-electron chi connectivity index (χ4n) is 1.64. The van der Waals surface area contributed by atoms with Gasteiger partial charge in [0.05, 0.1) is 15.6 Å². The van der Waals surface area contributed by atoms with E-state index in [4.69, 9.17) is 11.6 Å². The van der Waals surface area contributed by atoms with Crippen LogP contribution in [0.15, 0.2) is 36.4 Å². The van der Waals surface area contributed by atoms with Crippen LogP contribution in [0.5, 0.6) is 11.5 Å². The third kappa shape index (κ3) is 3.10. The summed E-state index contributed by atoms with van der Waals surface area (Å²) in [6.07, 6.45) is 0. The molecule has 0 fully saturated rings. The molecule has 20 heavy (non-hydrogen) atoms. The summed E-state index contributed by atoms with van der Waals surface area (Å²) in [4.78, 5) is 10.2. The molecule has 0 amide bonds. The Morgan fingerprint density at radius 1 is 1.15 bits per heavy atom. The van der Waals surface area contributed by atoms with E-state index in [-0.39, 0.29) is 17.2 Å². The smallest absolute Gasteiger partial charge is 0.271 e. The predicted octanol–water partition coefficient (Wildman–Crippen LogP) is 3.27. The second-order valence-corrected chi connectivity index (χ2v) is 4.51. The molecular formula is C13H11ClN2O4. The number of hydrogen-bond donors (Lipinski definition) is 3. The van der Waals surface area contributed by atoms with E-state index in [2.05, 4.69) is 5.32 Å². The second-order valence-electron chi connectivity index (χ2n) is 4.10. The van der Waals surface area contributed by atoms with Gasteiger partial charge in [0.1, 0.15) is 0 Å². The fourth-order valence-corrected chi connectivity index (χ4v) is 1.82. The molecule has 0 heterocycles. The molecule has 2 aromatic carbocycles. The lowest BCUT2D eigenvalue weighted by molar-refractivity contribution is -0.384. The highest BCUT2D eigenvalue weighted by Crippen LogP contribution is 2.28. The van der Waals surface area contributed by atoms with Crippen LogP contribution in [0.4, 0.5) is 11.4 Å². The zero-order chi connectivity index (χ0) is 14.7. The maximum absolute atomic E-state index is 10.7. The lowest BCUT2D eigenvalue weighted by atomic mass is 10.2. The van der Waals surface area contributed by atoms with Crippen molar-refractivity contribution in [3.63, 3.8) is 0 Å². The Hall–Kier alpha value is -2.47. The molecule has 0 aliphatic carbocycles. The van der Waals surface area contributed by atoms with Crippen molar-refractivity contribution in [2.24, 2.45) is 0 Å². The standard InChI is InChI=1S/C13H11ClN2O4/c14-10-3-2-9(16(19)20)6-11(10)15-7-8-1-4-12(17)13(18)5-8/h1-6,15,17-18H,7H2. The number of benzene rings is 2. The van der Waals surface area contributed by atoms with Crippen LogP contribution in [0.1, 0.15) is 5.56 Å². The maximum atomic E-state index is 10.7. The highest BCUT2D eigenvalue weighted by molar-refractivity contribution is 6.33. The number of anilines is 1. The molecule has 0 saturated carbocycles. The summed E-state index contributed by atoms with van der Waals surface area (Å²) >= 11 is 5.95. The molecule has 0 atom stereocenters. The average molecular weight is 295 g/mol. The summed E-state index contributed by atoms with van der Waals surface area (Å²) < 4.78 is 0. The van der Waals surface area contributed by atoms with Gasteiger partial charge in [0.2, 0.25) is 0 Å². The number of nitrogens with zero attached hydrogens (tertiary/aromatic N) is 1. The minimum atomic E-state index is -0.506. The van der Waals surface area contributed by atoms with Crippen molar-refractivity contribution in [3.8, 4) is 11.5 Å². The number of nitro groups is 1. The Labute approximate surface area is 119 Å². The van der Waals surface area contributed by atoms with Crippen molar-refractivity contribution in [1.82, 2.24) is 0 Å². The topological polar surface area (TPSA) is 95.6 Å². The Kier molecular flexibility index (Phi) is 3.95. The van der Waals surface area contributed by atoms with Gasteiger partial charge in [0.25, 0.3) is 5.69 Å². The van der Waals surface area contributed by atoms with Gasteiger partial charge in [-0.25, -0.2) is 0 Å². The van der Waals surface area contributed by atoms with Crippen LogP contribution in [0.2, 0.25) is 5.02 Å². The minimum Gasteiger partial charge on any atom is -0.504 e. The Morgan fingerprint density at radius 2 is 1.90 bits per heavy atom. The van der Waals surface area contributed by atoms with Crippen LogP contribution < -0.4 is 5.32 Å². The summed E-state index contributed by atoms with van der Waals surface area (Å²) in [6.45, 7) is 0.300. The first-order valence-corrected chi connectivity index (χ1v) is 6.04. The van der Waals surface area contributed by atoms with Crippen LogP contribution in [0.25, 0.3) is 0 Å². The van der Waals surface area contributed by atoms with Crippen molar-refractivity contribution < 1.29 is 15.1 Å². The van der Waals surface area contributed by atoms with Gasteiger partial charge >= 0.3 is 0 Å². The average Bonchev–Trinajstić information content (AvgIpc) is 2.41. The molecule has 0 spiro atoms. The van der Waals surface area contributed by atoms with Crippen LogP contribution in [0.3, 0.4) is 0 Å². The summed E-state index contributed by atoms with van der Waals surface area (Å²) in [5.74, 6) is -0.434. The van der Waals surface area contributed by atoms with Crippen molar-refractivity contribution in [1.29, 1.82) is 0 Å². The van der Waals surface area contributed by atoms with E-state index in [9.17, 15) is 20.3 Å². The van der Waals surface area contributed by atoms with Crippen LogP contribution in [-0.4, -0.2) is 15.1 Å². The molecule has 0 aliphatic rings. The molecule has 0 bridgehead atoms. The van der Waals surface area contributed by atoms with E-state index < -0.39 is 4.92 Å². The van der Waals surface area contributed by atoms with Gasteiger partial charge in [-0.3, -0.25) is 10.1 Å². The predicted molar refractivity (Wildman–Crippen MR) is 75.2 cm³/mol. The molecule has 2 rings (SSSR count). The maximum Gasteiger partial charge on any atom is 0.271 e. The van der Waals surface area contributed by atoms with E-state index in [1.165, 1.54) is 30.3 Å². The van der Waals surface area contributed by atoms with Crippen molar-refractivity contribution in [2.45, 2.75) is 6.54 Å². The van der Waals surface area contributed by atoms with Crippen LogP contribution >= 0.6 is 11.6 Å². The fraction of sp³-hybridized carbons (Fsp3) is 0.0769. The number of phenols is 2. The number of hydrogen-bond acceptors (Lipinski definition) is 5. The number of rotatable bonds is 4. The van der Waals surface area contributed by atoms with E-state index in [0.717, 1.165) is 0 Å². The monoisotopic (exact) mass is 294 g/mol. The summed E-state index contributed by atoms with van der Waals surface area (Å²) in [6, 6.07) is 8.47. The number of phenolic OH excluding ortho intramolecular Hbond substituents is 2. The minimum absolute atomic E-state index is 0.0644. The highest BCUT2D eigenvalue weighted by atomic mass is 35.5. The molecule has 0 unspecified atom stereocenters. The Balaban J connectivity index is 2.15. The first kappa shape index (κ1) is 14.0. The first-order chi connectivity index (χ1) is 9.47. The molecule has 3 N–H and O–H groups in total. The van der Waals surface area contributed by atoms with Gasteiger partial charge in [-0.2, -0.15) is 0 Å². The second kappa shape index (κ2) is 5.66. The Bertz CT molecular complexity index is 661. The molecule has 104 valence electrons. The van der Waals surface area contributed by atoms with Gasteiger partial charge in [0.15, 0.2) is 11.5 Å². The quantitative estimate of drug-likeness (QED) is 0.457. The lowest BCUT2D eigenvalue weighted by Gasteiger charge is -2.09.